The highest BCUT2D eigenvalue weighted by molar-refractivity contribution is 5.81. The maximum Gasteiger partial charge on any atom is 0.191 e. The van der Waals surface area contributed by atoms with Crippen LogP contribution in [0.2, 0.25) is 0 Å². The zero-order valence-corrected chi connectivity index (χ0v) is 12.2. The van der Waals surface area contributed by atoms with Gasteiger partial charge in [-0.05, 0) is 55.6 Å². The molecule has 2 aliphatic carbocycles. The maximum absolute atomic E-state index is 6.18. The number of nitrogens with two attached hydrogens (primary N) is 1. The van der Waals surface area contributed by atoms with Crippen molar-refractivity contribution in [3.63, 3.8) is 0 Å². The number of benzene rings is 1. The fourth-order valence-electron chi connectivity index (χ4n) is 5.03. The van der Waals surface area contributed by atoms with E-state index in [0.29, 0.717) is 11.8 Å². The summed E-state index contributed by atoms with van der Waals surface area (Å²) in [6.45, 7) is 4.11. The van der Waals surface area contributed by atoms with E-state index in [1.54, 1.807) is 11.1 Å². The van der Waals surface area contributed by atoms with Gasteiger partial charge in [-0.3, -0.25) is 4.99 Å². The quantitative estimate of drug-likeness (QED) is 0.849. The highest BCUT2D eigenvalue weighted by atomic mass is 15.4. The van der Waals surface area contributed by atoms with Gasteiger partial charge in [-0.15, -0.1) is 0 Å². The molecule has 1 aliphatic heterocycles. The maximum atomic E-state index is 6.18. The van der Waals surface area contributed by atoms with Crippen LogP contribution in [0.25, 0.3) is 0 Å². The molecule has 1 heterocycles. The minimum Gasteiger partial charge on any atom is -0.370 e. The Morgan fingerprint density at radius 1 is 1.20 bits per heavy atom. The summed E-state index contributed by atoms with van der Waals surface area (Å²) in [6.07, 6.45) is 5.06. The lowest BCUT2D eigenvalue weighted by Crippen LogP contribution is -2.57. The third-order valence-electron chi connectivity index (χ3n) is 5.92. The molecule has 2 N–H and O–H groups in total. The van der Waals surface area contributed by atoms with Gasteiger partial charge in [0.2, 0.25) is 0 Å². The molecule has 1 aromatic rings. The fraction of sp³-hybridized carbons (Fsp3) is 0.588. The standard InChI is InChI=1S/C17H23N3/c1-2-20-16(18)19-11-17(20)14-7-8-15(17)10-13-6-4-3-5-12(13)9-14/h3-6,14-15H,2,7-11H2,1H3,(H2,18,19). The SMILES string of the molecule is CCN1C(N)=NCC12C1CCC2Cc2ccccc2C1. The van der Waals surface area contributed by atoms with Crippen molar-refractivity contribution in [1.82, 2.24) is 4.90 Å². The summed E-state index contributed by atoms with van der Waals surface area (Å²) in [7, 11) is 0. The molecule has 1 fully saturated rings. The monoisotopic (exact) mass is 269 g/mol. The lowest BCUT2D eigenvalue weighted by Gasteiger charge is -2.43. The number of hydrogen-bond donors (Lipinski definition) is 1. The predicted molar refractivity (Wildman–Crippen MR) is 81.7 cm³/mol. The van der Waals surface area contributed by atoms with Crippen molar-refractivity contribution in [2.45, 2.75) is 38.1 Å². The Balaban J connectivity index is 1.78. The van der Waals surface area contributed by atoms with Crippen LogP contribution in [0.15, 0.2) is 29.3 Å². The second-order valence-corrected chi connectivity index (χ2v) is 6.56. The van der Waals surface area contributed by atoms with Crippen LogP contribution in [-0.4, -0.2) is 29.5 Å². The first-order valence-corrected chi connectivity index (χ1v) is 7.90. The number of guanidine groups is 1. The Morgan fingerprint density at radius 2 is 1.80 bits per heavy atom. The summed E-state index contributed by atoms with van der Waals surface area (Å²) >= 11 is 0. The molecule has 20 heavy (non-hydrogen) atoms. The van der Waals surface area contributed by atoms with Crippen molar-refractivity contribution in [2.24, 2.45) is 22.6 Å². The van der Waals surface area contributed by atoms with Gasteiger partial charge in [-0.2, -0.15) is 0 Å². The summed E-state index contributed by atoms with van der Waals surface area (Å²) < 4.78 is 0. The number of aliphatic imine (C=N–C) groups is 1. The van der Waals surface area contributed by atoms with Crippen LogP contribution in [0.4, 0.5) is 0 Å². The molecule has 2 unspecified atom stereocenters. The van der Waals surface area contributed by atoms with E-state index in [0.717, 1.165) is 19.0 Å². The lowest BCUT2D eigenvalue weighted by atomic mass is 9.78. The predicted octanol–water partition coefficient (Wildman–Crippen LogP) is 2.20. The fourth-order valence-corrected chi connectivity index (χ4v) is 5.03. The number of rotatable bonds is 1. The van der Waals surface area contributed by atoms with E-state index in [1.807, 2.05) is 0 Å². The second kappa shape index (κ2) is 4.24. The first kappa shape index (κ1) is 12.2. The van der Waals surface area contributed by atoms with Crippen molar-refractivity contribution in [3.05, 3.63) is 35.4 Å². The van der Waals surface area contributed by atoms with Crippen LogP contribution in [0.3, 0.4) is 0 Å². The molecular weight excluding hydrogens is 246 g/mol. The van der Waals surface area contributed by atoms with Gasteiger partial charge in [0.05, 0.1) is 12.1 Å². The van der Waals surface area contributed by atoms with Gasteiger partial charge in [-0.25, -0.2) is 0 Å². The first-order valence-electron chi connectivity index (χ1n) is 7.90. The molecule has 3 heteroatoms. The molecular formula is C17H23N3. The van der Waals surface area contributed by atoms with E-state index in [-0.39, 0.29) is 5.54 Å². The summed E-state index contributed by atoms with van der Waals surface area (Å²) in [5, 5.41) is 0. The van der Waals surface area contributed by atoms with Gasteiger partial charge in [0, 0.05) is 6.54 Å². The molecule has 3 nitrogen and oxygen atoms in total. The average Bonchev–Trinajstić information content (AvgIpc) is 2.89. The number of fused-ring (bicyclic) bond motifs is 1. The lowest BCUT2D eigenvalue weighted by molar-refractivity contribution is 0.106. The van der Waals surface area contributed by atoms with Gasteiger partial charge < -0.3 is 10.6 Å². The van der Waals surface area contributed by atoms with Crippen molar-refractivity contribution >= 4 is 5.96 Å². The van der Waals surface area contributed by atoms with Crippen LogP contribution in [0, 0.1) is 11.8 Å². The van der Waals surface area contributed by atoms with Gasteiger partial charge in [-0.1, -0.05) is 24.3 Å². The van der Waals surface area contributed by atoms with Crippen molar-refractivity contribution in [2.75, 3.05) is 13.1 Å². The van der Waals surface area contributed by atoms with Crippen LogP contribution >= 0.6 is 0 Å². The Hall–Kier alpha value is -1.51. The molecule has 3 aliphatic rings. The largest absolute Gasteiger partial charge is 0.370 e. The molecule has 106 valence electrons. The Morgan fingerprint density at radius 3 is 2.35 bits per heavy atom. The zero-order chi connectivity index (χ0) is 13.7. The first-order chi connectivity index (χ1) is 9.75. The Labute approximate surface area is 120 Å². The van der Waals surface area contributed by atoms with Crippen molar-refractivity contribution in [3.8, 4) is 0 Å². The van der Waals surface area contributed by atoms with Gasteiger partial charge in [0.1, 0.15) is 0 Å². The minimum atomic E-state index is 0.206. The molecule has 2 bridgehead atoms. The third-order valence-corrected chi connectivity index (χ3v) is 5.92. The van der Waals surface area contributed by atoms with E-state index >= 15 is 0 Å². The summed E-state index contributed by atoms with van der Waals surface area (Å²) in [4.78, 5) is 7.05. The Bertz CT molecular complexity index is 530. The van der Waals surface area contributed by atoms with E-state index in [2.05, 4.69) is 41.1 Å². The highest BCUT2D eigenvalue weighted by Crippen LogP contribution is 2.51. The molecule has 1 spiro atoms. The van der Waals surface area contributed by atoms with Gasteiger partial charge in [0.15, 0.2) is 5.96 Å². The molecule has 1 saturated carbocycles. The average molecular weight is 269 g/mol. The smallest absolute Gasteiger partial charge is 0.191 e. The van der Waals surface area contributed by atoms with Crippen LogP contribution < -0.4 is 5.73 Å². The van der Waals surface area contributed by atoms with Crippen LogP contribution in [0.1, 0.15) is 30.9 Å². The summed E-state index contributed by atoms with van der Waals surface area (Å²) in [5.74, 6) is 2.19. The Kier molecular flexibility index (Phi) is 2.60. The van der Waals surface area contributed by atoms with E-state index < -0.39 is 0 Å². The van der Waals surface area contributed by atoms with E-state index in [1.165, 1.54) is 25.7 Å². The summed E-state index contributed by atoms with van der Waals surface area (Å²) in [6, 6.07) is 9.00. The van der Waals surface area contributed by atoms with Crippen LogP contribution in [-0.2, 0) is 12.8 Å². The molecule has 4 rings (SSSR count). The van der Waals surface area contributed by atoms with E-state index in [4.69, 9.17) is 5.73 Å². The van der Waals surface area contributed by atoms with Gasteiger partial charge >= 0.3 is 0 Å². The topological polar surface area (TPSA) is 41.6 Å². The number of hydrogen-bond acceptors (Lipinski definition) is 3. The molecule has 0 saturated heterocycles. The molecule has 0 aromatic heterocycles. The minimum absolute atomic E-state index is 0.206. The van der Waals surface area contributed by atoms with Gasteiger partial charge in [0.25, 0.3) is 0 Å². The molecule has 0 radical (unpaired) electrons. The second-order valence-electron chi connectivity index (χ2n) is 6.56. The molecule has 1 aromatic carbocycles. The number of nitrogens with zero attached hydrogens (tertiary/aromatic N) is 2. The molecule has 2 atom stereocenters. The summed E-state index contributed by atoms with van der Waals surface area (Å²) in [5.41, 5.74) is 9.50. The van der Waals surface area contributed by atoms with E-state index in [9.17, 15) is 0 Å². The van der Waals surface area contributed by atoms with Crippen molar-refractivity contribution in [1.29, 1.82) is 0 Å². The van der Waals surface area contributed by atoms with Crippen molar-refractivity contribution < 1.29 is 0 Å². The van der Waals surface area contributed by atoms with Crippen LogP contribution in [0.5, 0.6) is 0 Å². The number of likely N-dealkylation sites (N-methyl/N-ethyl adjacent to an activating group) is 1. The molecule has 0 amide bonds. The normalized spacial score (nSPS) is 35.0. The third kappa shape index (κ3) is 1.44. The highest BCUT2D eigenvalue weighted by Gasteiger charge is 2.57. The zero-order valence-electron chi connectivity index (χ0n) is 12.2.